The largest absolute Gasteiger partial charge is 0.347 e. The summed E-state index contributed by atoms with van der Waals surface area (Å²) in [5, 5.41) is 3.36. The maximum Gasteiger partial charge on any atom is 0.347 e. The average molecular weight is 210 g/mol. The third-order valence-corrected chi connectivity index (χ3v) is 2.95. The van der Waals surface area contributed by atoms with E-state index in [2.05, 4.69) is 10.2 Å². The van der Waals surface area contributed by atoms with Crippen molar-refractivity contribution in [1.29, 1.82) is 0 Å². The van der Waals surface area contributed by atoms with Crippen LogP contribution in [0.25, 0.3) is 0 Å². The van der Waals surface area contributed by atoms with Gasteiger partial charge in [-0.15, -0.1) is 0 Å². The highest BCUT2D eigenvalue weighted by Gasteiger charge is 2.28. The summed E-state index contributed by atoms with van der Waals surface area (Å²) in [5.41, 5.74) is 0. The maximum atomic E-state index is 11.2. The minimum absolute atomic E-state index is 0.173. The SMILES string of the molecule is O=C1CN(CCN2CCCCC2)C(=O)[N]1. The third-order valence-electron chi connectivity index (χ3n) is 2.95. The molecule has 5 nitrogen and oxygen atoms in total. The van der Waals surface area contributed by atoms with Gasteiger partial charge < -0.3 is 9.80 Å². The summed E-state index contributed by atoms with van der Waals surface area (Å²) in [6.45, 7) is 3.91. The minimum Gasteiger partial charge on any atom is -0.312 e. The summed E-state index contributed by atoms with van der Waals surface area (Å²) in [7, 11) is 0. The lowest BCUT2D eigenvalue weighted by Gasteiger charge is -2.27. The van der Waals surface area contributed by atoms with E-state index in [1.165, 1.54) is 24.2 Å². The molecule has 0 unspecified atom stereocenters. The predicted octanol–water partition coefficient (Wildman–Crippen LogP) is 0.0389. The van der Waals surface area contributed by atoms with Crippen LogP contribution in [0.4, 0.5) is 4.79 Å². The van der Waals surface area contributed by atoms with E-state index in [0.29, 0.717) is 6.54 Å². The lowest BCUT2D eigenvalue weighted by molar-refractivity contribution is -0.118. The first-order valence-electron chi connectivity index (χ1n) is 5.51. The molecule has 0 aromatic rings. The number of carbonyl (C=O) groups excluding carboxylic acids is 2. The molecule has 5 heteroatoms. The van der Waals surface area contributed by atoms with Crippen molar-refractivity contribution in [1.82, 2.24) is 15.1 Å². The first kappa shape index (κ1) is 10.4. The fraction of sp³-hybridized carbons (Fsp3) is 0.800. The Labute approximate surface area is 89.4 Å². The average Bonchev–Trinajstić information content (AvgIpc) is 2.56. The fourth-order valence-electron chi connectivity index (χ4n) is 2.06. The van der Waals surface area contributed by atoms with Gasteiger partial charge in [0, 0.05) is 13.1 Å². The molecule has 2 saturated heterocycles. The molecule has 15 heavy (non-hydrogen) atoms. The number of rotatable bonds is 3. The summed E-state index contributed by atoms with van der Waals surface area (Å²) in [6.07, 6.45) is 3.81. The molecule has 83 valence electrons. The summed E-state index contributed by atoms with van der Waals surface area (Å²) in [5.74, 6) is -0.307. The second-order valence-electron chi connectivity index (χ2n) is 4.11. The molecule has 0 aromatic heterocycles. The maximum absolute atomic E-state index is 11.2. The Bertz CT molecular complexity index is 261. The Morgan fingerprint density at radius 1 is 1.07 bits per heavy atom. The van der Waals surface area contributed by atoms with Gasteiger partial charge in [0.1, 0.15) is 6.54 Å². The summed E-state index contributed by atoms with van der Waals surface area (Å²) in [4.78, 5) is 25.9. The van der Waals surface area contributed by atoms with Crippen molar-refractivity contribution in [2.24, 2.45) is 0 Å². The van der Waals surface area contributed by atoms with Crippen LogP contribution >= 0.6 is 0 Å². The van der Waals surface area contributed by atoms with E-state index in [9.17, 15) is 9.59 Å². The smallest absolute Gasteiger partial charge is 0.312 e. The second kappa shape index (κ2) is 4.61. The van der Waals surface area contributed by atoms with Gasteiger partial charge in [0.15, 0.2) is 0 Å². The Kier molecular flexibility index (Phi) is 3.20. The molecule has 0 spiro atoms. The van der Waals surface area contributed by atoms with E-state index in [0.717, 1.165) is 19.6 Å². The van der Waals surface area contributed by atoms with E-state index in [1.807, 2.05) is 0 Å². The number of imide groups is 1. The number of hydrogen-bond acceptors (Lipinski definition) is 3. The van der Waals surface area contributed by atoms with Gasteiger partial charge >= 0.3 is 6.03 Å². The van der Waals surface area contributed by atoms with E-state index >= 15 is 0 Å². The van der Waals surface area contributed by atoms with Crippen LogP contribution < -0.4 is 5.32 Å². The number of piperidine rings is 1. The highest BCUT2D eigenvalue weighted by molar-refractivity contribution is 6.01. The van der Waals surface area contributed by atoms with Crippen LogP contribution in [0.3, 0.4) is 0 Å². The zero-order chi connectivity index (χ0) is 10.7. The third kappa shape index (κ3) is 2.68. The van der Waals surface area contributed by atoms with Crippen molar-refractivity contribution in [2.45, 2.75) is 19.3 Å². The summed E-state index contributed by atoms with van der Waals surface area (Å²) < 4.78 is 0. The lowest BCUT2D eigenvalue weighted by atomic mass is 10.1. The van der Waals surface area contributed by atoms with Gasteiger partial charge in [0.25, 0.3) is 5.91 Å². The predicted molar refractivity (Wildman–Crippen MR) is 54.4 cm³/mol. The van der Waals surface area contributed by atoms with Crippen LogP contribution in [0, 0.1) is 0 Å². The van der Waals surface area contributed by atoms with Crippen molar-refractivity contribution in [3.05, 3.63) is 0 Å². The van der Waals surface area contributed by atoms with Gasteiger partial charge in [-0.1, -0.05) is 6.42 Å². The number of likely N-dealkylation sites (tertiary alicyclic amines) is 1. The van der Waals surface area contributed by atoms with E-state index < -0.39 is 0 Å². The Balaban J connectivity index is 1.73. The molecular formula is C10H16N3O2. The molecule has 2 aliphatic heterocycles. The Hall–Kier alpha value is -1.10. The van der Waals surface area contributed by atoms with E-state index in [4.69, 9.17) is 0 Å². The number of amides is 3. The molecule has 0 aromatic carbocycles. The first-order chi connectivity index (χ1) is 7.25. The quantitative estimate of drug-likeness (QED) is 0.618. The van der Waals surface area contributed by atoms with Crippen LogP contribution in [0.15, 0.2) is 0 Å². The van der Waals surface area contributed by atoms with Crippen LogP contribution in [-0.4, -0.2) is 54.5 Å². The van der Waals surface area contributed by atoms with Crippen molar-refractivity contribution in [2.75, 3.05) is 32.7 Å². The molecule has 0 N–H and O–H groups in total. The molecule has 1 radical (unpaired) electrons. The van der Waals surface area contributed by atoms with Crippen LogP contribution in [0.5, 0.6) is 0 Å². The number of urea groups is 1. The topological polar surface area (TPSA) is 54.7 Å². The van der Waals surface area contributed by atoms with E-state index in [1.54, 1.807) is 0 Å². The van der Waals surface area contributed by atoms with Crippen molar-refractivity contribution < 1.29 is 9.59 Å². The lowest BCUT2D eigenvalue weighted by Crippen LogP contribution is -2.38. The van der Waals surface area contributed by atoms with Gasteiger partial charge in [-0.25, -0.2) is 4.79 Å². The van der Waals surface area contributed by atoms with Crippen LogP contribution in [-0.2, 0) is 4.79 Å². The molecule has 3 amide bonds. The minimum atomic E-state index is -0.364. The van der Waals surface area contributed by atoms with Crippen molar-refractivity contribution in [3.63, 3.8) is 0 Å². The zero-order valence-corrected chi connectivity index (χ0v) is 8.81. The van der Waals surface area contributed by atoms with Crippen molar-refractivity contribution >= 4 is 11.9 Å². The highest BCUT2D eigenvalue weighted by Crippen LogP contribution is 2.08. The first-order valence-corrected chi connectivity index (χ1v) is 5.51. The molecule has 2 rings (SSSR count). The fourth-order valence-corrected chi connectivity index (χ4v) is 2.06. The van der Waals surface area contributed by atoms with Crippen LogP contribution in [0.1, 0.15) is 19.3 Å². The molecular weight excluding hydrogens is 194 g/mol. The molecule has 2 heterocycles. The molecule has 0 aliphatic carbocycles. The Morgan fingerprint density at radius 3 is 2.40 bits per heavy atom. The second-order valence-corrected chi connectivity index (χ2v) is 4.11. The zero-order valence-electron chi connectivity index (χ0n) is 8.81. The standard InChI is InChI=1S/C10H16N3O2/c14-9-8-13(10(15)11-9)7-6-12-4-2-1-3-5-12/h1-8H2. The number of hydrogen-bond donors (Lipinski definition) is 0. The highest BCUT2D eigenvalue weighted by atomic mass is 16.2. The Morgan fingerprint density at radius 2 is 1.80 bits per heavy atom. The van der Waals surface area contributed by atoms with Crippen molar-refractivity contribution in [3.8, 4) is 0 Å². The van der Waals surface area contributed by atoms with Crippen LogP contribution in [0.2, 0.25) is 0 Å². The number of nitrogens with zero attached hydrogens (tertiary/aromatic N) is 3. The normalized spacial score (nSPS) is 23.3. The van der Waals surface area contributed by atoms with Gasteiger partial charge in [0.2, 0.25) is 0 Å². The monoisotopic (exact) mass is 210 g/mol. The molecule has 2 fully saturated rings. The molecule has 0 atom stereocenters. The molecule has 2 aliphatic rings. The van der Waals surface area contributed by atoms with Gasteiger partial charge in [0.05, 0.1) is 0 Å². The van der Waals surface area contributed by atoms with Gasteiger partial charge in [-0.3, -0.25) is 4.79 Å². The summed E-state index contributed by atoms with van der Waals surface area (Å²) >= 11 is 0. The number of carbonyl (C=O) groups is 2. The van der Waals surface area contributed by atoms with Gasteiger partial charge in [-0.05, 0) is 25.9 Å². The molecule has 0 bridgehead atoms. The summed E-state index contributed by atoms with van der Waals surface area (Å²) in [6, 6.07) is -0.364. The van der Waals surface area contributed by atoms with E-state index in [-0.39, 0.29) is 18.5 Å². The molecule has 0 saturated carbocycles. The van der Waals surface area contributed by atoms with Gasteiger partial charge in [-0.2, -0.15) is 5.32 Å².